The predicted molar refractivity (Wildman–Crippen MR) is 153 cm³/mol. The van der Waals surface area contributed by atoms with Gasteiger partial charge in [-0.15, -0.1) is 0 Å². The van der Waals surface area contributed by atoms with Gasteiger partial charge in [-0.05, 0) is 72.5 Å². The van der Waals surface area contributed by atoms with Crippen LogP contribution in [0.15, 0.2) is 78.9 Å². The van der Waals surface area contributed by atoms with Crippen molar-refractivity contribution < 1.29 is 49.4 Å². The van der Waals surface area contributed by atoms with E-state index in [1.807, 2.05) is 12.1 Å². The molecule has 0 saturated heterocycles. The number of carbonyl (C=O) groups excluding carboxylic acids is 3. The molecule has 0 fully saturated rings. The van der Waals surface area contributed by atoms with E-state index in [4.69, 9.17) is 5.11 Å². The van der Waals surface area contributed by atoms with Crippen molar-refractivity contribution in [2.24, 2.45) is 0 Å². The van der Waals surface area contributed by atoms with E-state index < -0.39 is 51.7 Å². The fourth-order valence-corrected chi connectivity index (χ4v) is 4.72. The highest BCUT2D eigenvalue weighted by Crippen LogP contribution is 2.35. The Balaban J connectivity index is 0.000000202. The second-order valence-corrected chi connectivity index (χ2v) is 9.53. The molecule has 5 rings (SSSR count). The van der Waals surface area contributed by atoms with Crippen LogP contribution in [0.1, 0.15) is 70.6 Å². The van der Waals surface area contributed by atoms with Gasteiger partial charge in [0.15, 0.2) is 0 Å². The molecule has 0 spiro atoms. The van der Waals surface area contributed by atoms with Crippen LogP contribution in [0.25, 0.3) is 0 Å². The Bertz CT molecular complexity index is 1690. The van der Waals surface area contributed by atoms with Gasteiger partial charge in [0.1, 0.15) is 28.6 Å². The quantitative estimate of drug-likeness (QED) is 0.140. The standard InChI is InChI=1S/C16H15NO2.C16H12O8/c18-13-8-5-12(6-9-13)16(19)17-15-10-7-11-3-1-2-4-14(11)15;1-24-16(23)7-5-10(18)13(11(19)6-7)14(20)12-8(15(21)22)3-2-4-9(12)17/h1-6,8-9,15,18H,7,10H2,(H,17,19);2-6,17-19H,1H3,(H,21,22)/t15-;/m0./s1. The normalized spacial score (nSPS) is 13.2. The summed E-state index contributed by atoms with van der Waals surface area (Å²) in [7, 11) is 1.09. The van der Waals surface area contributed by atoms with Gasteiger partial charge in [-0.1, -0.05) is 30.3 Å². The molecule has 1 atom stereocenters. The first-order valence-electron chi connectivity index (χ1n) is 12.9. The summed E-state index contributed by atoms with van der Waals surface area (Å²) < 4.78 is 4.44. The van der Waals surface area contributed by atoms with Crippen molar-refractivity contribution in [3.63, 3.8) is 0 Å². The van der Waals surface area contributed by atoms with E-state index >= 15 is 0 Å². The molecule has 1 aliphatic rings. The van der Waals surface area contributed by atoms with Crippen molar-refractivity contribution in [3.8, 4) is 23.0 Å². The second kappa shape index (κ2) is 12.8. The molecule has 11 heteroatoms. The molecule has 1 amide bonds. The average molecular weight is 586 g/mol. The minimum atomic E-state index is -1.47. The Labute approximate surface area is 245 Å². The lowest BCUT2D eigenvalue weighted by atomic mass is 9.95. The molecule has 4 aromatic rings. The van der Waals surface area contributed by atoms with E-state index in [0.717, 1.165) is 44.2 Å². The van der Waals surface area contributed by atoms with Crippen molar-refractivity contribution in [2.75, 3.05) is 7.11 Å². The number of rotatable bonds is 6. The third-order valence-electron chi connectivity index (χ3n) is 6.81. The number of fused-ring (bicyclic) bond motifs is 1. The van der Waals surface area contributed by atoms with Gasteiger partial charge >= 0.3 is 11.9 Å². The molecule has 11 nitrogen and oxygen atoms in total. The number of carboxylic acids is 1. The monoisotopic (exact) mass is 585 g/mol. The Morgan fingerprint density at radius 1 is 0.767 bits per heavy atom. The maximum atomic E-state index is 12.5. The van der Waals surface area contributed by atoms with Crippen LogP contribution in [0.5, 0.6) is 23.0 Å². The summed E-state index contributed by atoms with van der Waals surface area (Å²) in [6.45, 7) is 0. The summed E-state index contributed by atoms with van der Waals surface area (Å²) >= 11 is 0. The zero-order chi connectivity index (χ0) is 31.3. The molecule has 43 heavy (non-hydrogen) atoms. The SMILES string of the molecule is COC(=O)c1cc(O)c(C(=O)c2c(O)cccc2C(=O)O)c(O)c1.O=C(N[C@H]1CCc2ccccc21)c1ccc(O)cc1. The van der Waals surface area contributed by atoms with Crippen LogP contribution >= 0.6 is 0 Å². The number of hydrogen-bond donors (Lipinski definition) is 6. The van der Waals surface area contributed by atoms with Crippen LogP contribution in [-0.2, 0) is 11.2 Å². The van der Waals surface area contributed by atoms with Crippen LogP contribution in [0, 0.1) is 0 Å². The lowest BCUT2D eigenvalue weighted by Gasteiger charge is -2.14. The van der Waals surface area contributed by atoms with Gasteiger partial charge in [0.25, 0.3) is 5.91 Å². The summed E-state index contributed by atoms with van der Waals surface area (Å²) in [4.78, 5) is 47.3. The summed E-state index contributed by atoms with van der Waals surface area (Å²) in [5.74, 6) is -5.52. The number of amides is 1. The first-order valence-corrected chi connectivity index (χ1v) is 12.9. The van der Waals surface area contributed by atoms with Gasteiger partial charge in [-0.2, -0.15) is 0 Å². The number of carbonyl (C=O) groups is 4. The minimum absolute atomic E-state index is 0.0949. The Morgan fingerprint density at radius 2 is 1.42 bits per heavy atom. The highest BCUT2D eigenvalue weighted by molar-refractivity contribution is 6.18. The largest absolute Gasteiger partial charge is 0.508 e. The fourth-order valence-electron chi connectivity index (χ4n) is 4.72. The van der Waals surface area contributed by atoms with Gasteiger partial charge in [-0.25, -0.2) is 9.59 Å². The van der Waals surface area contributed by atoms with Gasteiger partial charge in [0, 0.05) is 5.56 Å². The molecule has 0 aromatic heterocycles. The molecular weight excluding hydrogens is 558 g/mol. The first-order chi connectivity index (χ1) is 20.5. The number of ether oxygens (including phenoxy) is 1. The highest BCUT2D eigenvalue weighted by Gasteiger charge is 2.28. The van der Waals surface area contributed by atoms with Crippen molar-refractivity contribution in [1.82, 2.24) is 5.32 Å². The van der Waals surface area contributed by atoms with E-state index in [0.29, 0.717) is 5.56 Å². The number of phenolic OH excluding ortho intramolecular Hbond substituents is 4. The molecule has 6 N–H and O–H groups in total. The third kappa shape index (κ3) is 6.57. The molecule has 4 aromatic carbocycles. The lowest BCUT2D eigenvalue weighted by molar-refractivity contribution is 0.0598. The Morgan fingerprint density at radius 3 is 2.05 bits per heavy atom. The van der Waals surface area contributed by atoms with E-state index in [2.05, 4.69) is 22.2 Å². The average Bonchev–Trinajstić information content (AvgIpc) is 3.39. The smallest absolute Gasteiger partial charge is 0.338 e. The first kappa shape index (κ1) is 30.1. The van der Waals surface area contributed by atoms with Crippen LogP contribution in [0.2, 0.25) is 0 Å². The number of methoxy groups -OCH3 is 1. The molecular formula is C32H27NO10. The fraction of sp³-hybridized carbons (Fsp3) is 0.125. The van der Waals surface area contributed by atoms with Crippen LogP contribution in [0.3, 0.4) is 0 Å². The van der Waals surface area contributed by atoms with Crippen molar-refractivity contribution in [1.29, 1.82) is 0 Å². The lowest BCUT2D eigenvalue weighted by Crippen LogP contribution is -2.27. The number of hydrogen-bond acceptors (Lipinski definition) is 9. The third-order valence-corrected chi connectivity index (χ3v) is 6.81. The Kier molecular flexibility index (Phi) is 8.95. The molecule has 0 radical (unpaired) electrons. The van der Waals surface area contributed by atoms with Gasteiger partial charge in [-0.3, -0.25) is 9.59 Å². The molecule has 1 aliphatic carbocycles. The summed E-state index contributed by atoms with van der Waals surface area (Å²) in [6, 6.07) is 19.8. The Hall–Kier alpha value is -5.84. The maximum absolute atomic E-state index is 12.5. The van der Waals surface area contributed by atoms with Gasteiger partial charge < -0.3 is 35.6 Å². The summed E-state index contributed by atoms with van der Waals surface area (Å²) in [5.41, 5.74) is 1.15. The number of aryl methyl sites for hydroxylation is 1. The van der Waals surface area contributed by atoms with Gasteiger partial charge in [0.2, 0.25) is 5.78 Å². The van der Waals surface area contributed by atoms with E-state index in [1.54, 1.807) is 12.1 Å². The number of phenols is 4. The number of esters is 1. The number of benzene rings is 4. The summed E-state index contributed by atoms with van der Waals surface area (Å²) in [6.07, 6.45) is 1.96. The summed E-state index contributed by atoms with van der Waals surface area (Å²) in [5, 5.41) is 51.1. The zero-order valence-electron chi connectivity index (χ0n) is 22.8. The molecule has 220 valence electrons. The zero-order valence-corrected chi connectivity index (χ0v) is 22.8. The highest BCUT2D eigenvalue weighted by atomic mass is 16.5. The molecule has 0 saturated carbocycles. The van der Waals surface area contributed by atoms with Gasteiger partial charge in [0.05, 0.1) is 29.8 Å². The van der Waals surface area contributed by atoms with Crippen molar-refractivity contribution >= 4 is 23.6 Å². The molecule has 0 aliphatic heterocycles. The van der Waals surface area contributed by atoms with E-state index in [1.165, 1.54) is 29.3 Å². The van der Waals surface area contributed by atoms with E-state index in [-0.39, 0.29) is 23.3 Å². The number of ketones is 1. The number of nitrogens with one attached hydrogen (secondary N) is 1. The molecule has 0 unspecified atom stereocenters. The molecule has 0 bridgehead atoms. The van der Waals surface area contributed by atoms with Crippen LogP contribution in [-0.4, -0.2) is 56.3 Å². The van der Waals surface area contributed by atoms with Crippen molar-refractivity contribution in [3.05, 3.63) is 118 Å². The second-order valence-electron chi connectivity index (χ2n) is 9.53. The number of aromatic hydroxyl groups is 4. The van der Waals surface area contributed by atoms with E-state index in [9.17, 15) is 39.6 Å². The predicted octanol–water partition coefficient (Wildman–Crippen LogP) is 4.33. The minimum Gasteiger partial charge on any atom is -0.508 e. The number of aromatic carboxylic acids is 1. The maximum Gasteiger partial charge on any atom is 0.338 e. The van der Waals surface area contributed by atoms with Crippen LogP contribution < -0.4 is 5.32 Å². The topological polar surface area (TPSA) is 191 Å². The van der Waals surface area contributed by atoms with Crippen molar-refractivity contribution in [2.45, 2.75) is 18.9 Å². The number of carboxylic acid groups (broad SMARTS) is 1. The van der Waals surface area contributed by atoms with Crippen LogP contribution in [0.4, 0.5) is 0 Å². The molecule has 0 heterocycles.